The molecule has 0 unspecified atom stereocenters. The minimum absolute atomic E-state index is 0.833. The van der Waals surface area contributed by atoms with Crippen LogP contribution in [-0.4, -0.2) is 47.8 Å². The molecule has 16 aromatic carbocycles. The first kappa shape index (κ1) is 61.3. The maximum atomic E-state index is 5.46. The highest BCUT2D eigenvalue weighted by Crippen LogP contribution is 2.49. The summed E-state index contributed by atoms with van der Waals surface area (Å²) in [5.74, 6) is 1.88. The molecule has 0 aliphatic rings. The number of benzene rings is 16. The van der Waals surface area contributed by atoms with Gasteiger partial charge in [-0.25, -0.2) is 29.9 Å². The molecule has 8 heterocycles. The van der Waals surface area contributed by atoms with Crippen molar-refractivity contribution < 1.29 is 0 Å². The summed E-state index contributed by atoms with van der Waals surface area (Å²) in [5, 5.41) is 11.9. The van der Waals surface area contributed by atoms with E-state index in [2.05, 4.69) is 358 Å². The van der Waals surface area contributed by atoms with E-state index in [9.17, 15) is 0 Å². The largest absolute Gasteiger partial charge is 0.309 e. The minimum Gasteiger partial charge on any atom is -0.309 e. The number of nitrogens with zero attached hydrogens (tertiary/aromatic N) is 10. The van der Waals surface area contributed by atoms with Gasteiger partial charge in [0.25, 0.3) is 0 Å². The van der Waals surface area contributed by atoms with Crippen LogP contribution in [0, 0.1) is 0 Å². The lowest BCUT2D eigenvalue weighted by Crippen LogP contribution is -2.01. The predicted octanol–water partition coefficient (Wildman–Crippen LogP) is 25.1. The lowest BCUT2D eigenvalue weighted by atomic mass is 10.00. The second-order valence-electron chi connectivity index (χ2n) is 28.4. The van der Waals surface area contributed by atoms with Crippen LogP contribution in [0.4, 0.5) is 0 Å². The van der Waals surface area contributed by atoms with E-state index >= 15 is 0 Å². The molecule has 0 spiro atoms. The number of hydrogen-bond acceptors (Lipinski definition) is 6. The molecule has 24 aromatic rings. The van der Waals surface area contributed by atoms with E-state index < -0.39 is 0 Å². The average molecular weight is 1400 g/mol. The molecule has 24 rings (SSSR count). The summed E-state index contributed by atoms with van der Waals surface area (Å²) in [6.45, 7) is 0. The highest BCUT2D eigenvalue weighted by Gasteiger charge is 2.28. The highest BCUT2D eigenvalue weighted by molar-refractivity contribution is 6.32. The van der Waals surface area contributed by atoms with Crippen molar-refractivity contribution >= 4 is 131 Å². The fourth-order valence-corrected chi connectivity index (χ4v) is 17.5. The Balaban J connectivity index is 0.000000132. The van der Waals surface area contributed by atoms with Gasteiger partial charge >= 0.3 is 0 Å². The van der Waals surface area contributed by atoms with Gasteiger partial charge in [-0.3, -0.25) is 8.80 Å². The van der Waals surface area contributed by atoms with Gasteiger partial charge in [-0.15, -0.1) is 0 Å². The zero-order valence-electron chi connectivity index (χ0n) is 59.1. The summed E-state index contributed by atoms with van der Waals surface area (Å²) in [5.41, 5.74) is 28.6. The molecule has 0 saturated heterocycles. The van der Waals surface area contributed by atoms with Crippen LogP contribution in [0.1, 0.15) is 0 Å². The van der Waals surface area contributed by atoms with Gasteiger partial charge in [0.2, 0.25) is 0 Å². The van der Waals surface area contributed by atoms with E-state index in [4.69, 9.17) is 29.9 Å². The molecular weight excluding hydrogens is 1340 g/mol. The quantitative estimate of drug-likeness (QED) is 0.134. The van der Waals surface area contributed by atoms with Crippen molar-refractivity contribution in [2.24, 2.45) is 0 Å². The smallest absolute Gasteiger partial charge is 0.145 e. The molecule has 0 atom stereocenters. The maximum absolute atomic E-state index is 5.46. The predicted molar refractivity (Wildman–Crippen MR) is 453 cm³/mol. The third kappa shape index (κ3) is 9.30. The third-order valence-corrected chi connectivity index (χ3v) is 22.3. The van der Waals surface area contributed by atoms with Crippen molar-refractivity contribution in [3.8, 4) is 90.3 Å². The van der Waals surface area contributed by atoms with Crippen LogP contribution in [0.3, 0.4) is 0 Å². The standard InChI is InChI=1S/C51H31N5.C49H29N5/c1-5-16-32(17-6-1)38-30-40-41(53-49(34-20-9-3-10-21-34)48(52-40)33-18-7-2-8-19-33)31-45(38)55-43-27-15-25-37-36-24-13-14-26-42(36)56-50-39(28-29-44(55)47(50)46(37)43)54-51(56)35-22-11-4-12-23-35;1-4-13-30(14-5-1)45-46(31-15-6-2-7-16-31)52-47-35-25-24-34(29-33(35)23-26-38(47)50-45)53-41-22-12-20-37-36-19-10-11-21-40(36)54-48-39(27-28-42(53)44(48)43(37)41)51-49(54)32-17-8-3-9-18-32/h1-31H;1-29H. The molecule has 0 bridgehead atoms. The van der Waals surface area contributed by atoms with E-state index in [1.54, 1.807) is 0 Å². The molecular formula is C100H60N10. The number of aromatic nitrogens is 10. The van der Waals surface area contributed by atoms with Crippen LogP contribution >= 0.6 is 0 Å². The Labute approximate surface area is 629 Å². The number of imidazole rings is 2. The van der Waals surface area contributed by atoms with Crippen molar-refractivity contribution in [3.05, 3.63) is 364 Å². The van der Waals surface area contributed by atoms with Crippen LogP contribution in [0.2, 0.25) is 0 Å². The van der Waals surface area contributed by atoms with E-state index in [1.165, 1.54) is 48.6 Å². The number of fused-ring (bicyclic) bond motifs is 10. The number of hydrogen-bond donors (Lipinski definition) is 0. The van der Waals surface area contributed by atoms with Crippen LogP contribution in [0.5, 0.6) is 0 Å². The van der Waals surface area contributed by atoms with Gasteiger partial charge in [-0.2, -0.15) is 0 Å². The van der Waals surface area contributed by atoms with Crippen LogP contribution < -0.4 is 0 Å². The SMILES string of the molecule is c1ccc(-c2cc3nc(-c4ccccc4)c(-c4ccccc4)nc3cc2-n2c3cccc4c5ccccc5n5c(-c6ccccc6)nc6ccc2c(c43)c65)cc1.c1ccc(-c2nc3ccc4cc(-n5c6cccc7c8ccccc8n8c(-c9ccccc9)nc9ccc5c(c76)c98)ccc4c3nc2-c2ccccc2)cc1. The van der Waals surface area contributed by atoms with Crippen LogP contribution in [-0.2, 0) is 0 Å². The van der Waals surface area contributed by atoms with Crippen molar-refractivity contribution in [3.63, 3.8) is 0 Å². The molecule has 0 fully saturated rings. The highest BCUT2D eigenvalue weighted by atomic mass is 15.1. The van der Waals surface area contributed by atoms with Gasteiger partial charge in [0.15, 0.2) is 0 Å². The molecule has 0 saturated carbocycles. The number of para-hydroxylation sites is 2. The Kier molecular flexibility index (Phi) is 13.5. The van der Waals surface area contributed by atoms with Gasteiger partial charge in [0.05, 0.1) is 106 Å². The summed E-state index contributed by atoms with van der Waals surface area (Å²) in [6, 6.07) is 129. The molecule has 8 aromatic heterocycles. The molecule has 0 aliphatic carbocycles. The minimum atomic E-state index is 0.833. The Morgan fingerprint density at radius 1 is 0.209 bits per heavy atom. The summed E-state index contributed by atoms with van der Waals surface area (Å²) in [6.07, 6.45) is 0. The summed E-state index contributed by atoms with van der Waals surface area (Å²) < 4.78 is 9.63. The Bertz CT molecular complexity index is 7790. The third-order valence-electron chi connectivity index (χ3n) is 22.3. The van der Waals surface area contributed by atoms with Crippen molar-refractivity contribution in [1.82, 2.24) is 47.8 Å². The summed E-state index contributed by atoms with van der Waals surface area (Å²) >= 11 is 0. The van der Waals surface area contributed by atoms with E-state index in [0.29, 0.717) is 0 Å². The molecule has 0 N–H and O–H groups in total. The average Bonchev–Trinajstić information content (AvgIpc) is 1.53. The molecule has 510 valence electrons. The van der Waals surface area contributed by atoms with Gasteiger partial charge in [-0.1, -0.05) is 285 Å². The van der Waals surface area contributed by atoms with Gasteiger partial charge < -0.3 is 9.13 Å². The zero-order chi connectivity index (χ0) is 72.1. The van der Waals surface area contributed by atoms with E-state index in [0.717, 1.165) is 173 Å². The monoisotopic (exact) mass is 1400 g/mol. The van der Waals surface area contributed by atoms with Crippen LogP contribution in [0.25, 0.3) is 221 Å². The van der Waals surface area contributed by atoms with E-state index in [1.807, 2.05) is 24.3 Å². The van der Waals surface area contributed by atoms with E-state index in [-0.39, 0.29) is 0 Å². The Hall–Kier alpha value is -15.0. The first-order valence-corrected chi connectivity index (χ1v) is 37.3. The van der Waals surface area contributed by atoms with Gasteiger partial charge in [0.1, 0.15) is 11.6 Å². The molecule has 0 aliphatic heterocycles. The molecule has 10 heteroatoms. The normalized spacial score (nSPS) is 12.0. The van der Waals surface area contributed by atoms with Crippen molar-refractivity contribution in [1.29, 1.82) is 0 Å². The first-order valence-electron chi connectivity index (χ1n) is 37.3. The lowest BCUT2D eigenvalue weighted by Gasteiger charge is -2.17. The van der Waals surface area contributed by atoms with Gasteiger partial charge in [-0.05, 0) is 101 Å². The lowest BCUT2D eigenvalue weighted by molar-refractivity contribution is 1.18. The summed E-state index contributed by atoms with van der Waals surface area (Å²) in [7, 11) is 0. The second-order valence-corrected chi connectivity index (χ2v) is 28.4. The first-order chi connectivity index (χ1) is 54.6. The molecule has 10 nitrogen and oxygen atoms in total. The molecule has 0 radical (unpaired) electrons. The Morgan fingerprint density at radius 2 is 0.582 bits per heavy atom. The van der Waals surface area contributed by atoms with Gasteiger partial charge in [0, 0.05) is 82.3 Å². The maximum Gasteiger partial charge on any atom is 0.145 e. The molecule has 110 heavy (non-hydrogen) atoms. The fourth-order valence-electron chi connectivity index (χ4n) is 17.5. The topological polar surface area (TPSA) is 96.0 Å². The molecule has 0 amide bonds. The number of rotatable bonds is 9. The van der Waals surface area contributed by atoms with Crippen LogP contribution in [0.15, 0.2) is 364 Å². The second kappa shape index (κ2) is 24.3. The van der Waals surface area contributed by atoms with Crippen molar-refractivity contribution in [2.45, 2.75) is 0 Å². The zero-order valence-corrected chi connectivity index (χ0v) is 59.1. The van der Waals surface area contributed by atoms with Crippen molar-refractivity contribution in [2.75, 3.05) is 0 Å². The Morgan fingerprint density at radius 3 is 1.07 bits per heavy atom. The summed E-state index contributed by atoms with van der Waals surface area (Å²) in [4.78, 5) is 32.1. The fraction of sp³-hybridized carbons (Fsp3) is 0.